The monoisotopic (exact) mass is 281 g/mol. The van der Waals surface area contributed by atoms with Crippen molar-refractivity contribution >= 4 is 12.1 Å². The molecule has 108 valence electrons. The van der Waals surface area contributed by atoms with Crippen molar-refractivity contribution in [1.82, 2.24) is 4.90 Å². The Hall–Kier alpha value is -1.86. The van der Waals surface area contributed by atoms with Crippen LogP contribution in [0.5, 0.6) is 0 Å². The molecule has 20 heavy (non-hydrogen) atoms. The molecule has 4 atom stereocenters. The van der Waals surface area contributed by atoms with Gasteiger partial charge in [0.1, 0.15) is 18.3 Å². The van der Waals surface area contributed by atoms with E-state index < -0.39 is 30.2 Å². The number of carbonyl (C=O) groups is 2. The van der Waals surface area contributed by atoms with Crippen LogP contribution in [-0.2, 0) is 19.0 Å². The van der Waals surface area contributed by atoms with Crippen molar-refractivity contribution in [2.75, 3.05) is 6.61 Å². The molecule has 0 aliphatic carbocycles. The SMILES string of the molecule is C=C1C=CN([C@@H]2O[C@@H]3COC(=O)OC3[C@]2(C)O)C(=O)C1. The third-order valence-corrected chi connectivity index (χ3v) is 3.70. The Labute approximate surface area is 115 Å². The van der Waals surface area contributed by atoms with Gasteiger partial charge in [-0.05, 0) is 18.6 Å². The third-order valence-electron chi connectivity index (χ3n) is 3.70. The number of aliphatic hydroxyl groups is 1. The third kappa shape index (κ3) is 1.90. The number of hydrogen-bond acceptors (Lipinski definition) is 6. The predicted octanol–water partition coefficient (Wildman–Crippen LogP) is 0.300. The lowest BCUT2D eigenvalue weighted by atomic mass is 9.94. The average Bonchev–Trinajstić information content (AvgIpc) is 2.62. The van der Waals surface area contributed by atoms with Crippen LogP contribution < -0.4 is 0 Å². The van der Waals surface area contributed by atoms with Crippen LogP contribution in [0.2, 0.25) is 0 Å². The second-order valence-corrected chi connectivity index (χ2v) is 5.30. The van der Waals surface area contributed by atoms with Gasteiger partial charge in [0.05, 0.1) is 6.42 Å². The van der Waals surface area contributed by atoms with Crippen molar-refractivity contribution in [3.8, 4) is 0 Å². The summed E-state index contributed by atoms with van der Waals surface area (Å²) >= 11 is 0. The predicted molar refractivity (Wildman–Crippen MR) is 65.2 cm³/mol. The minimum atomic E-state index is -1.51. The van der Waals surface area contributed by atoms with Gasteiger partial charge in [-0.3, -0.25) is 9.69 Å². The van der Waals surface area contributed by atoms with Gasteiger partial charge in [-0.2, -0.15) is 0 Å². The highest BCUT2D eigenvalue weighted by atomic mass is 16.8. The Morgan fingerprint density at radius 3 is 2.95 bits per heavy atom. The largest absolute Gasteiger partial charge is 0.508 e. The summed E-state index contributed by atoms with van der Waals surface area (Å²) in [6.07, 6.45) is 0.143. The summed E-state index contributed by atoms with van der Waals surface area (Å²) in [5, 5.41) is 10.6. The Morgan fingerprint density at radius 2 is 2.25 bits per heavy atom. The van der Waals surface area contributed by atoms with E-state index in [0.29, 0.717) is 5.57 Å². The average molecular weight is 281 g/mol. The van der Waals surface area contributed by atoms with Crippen LogP contribution in [0.4, 0.5) is 4.79 Å². The Morgan fingerprint density at radius 1 is 1.50 bits per heavy atom. The molecular weight excluding hydrogens is 266 g/mol. The Balaban J connectivity index is 1.88. The van der Waals surface area contributed by atoms with Gasteiger partial charge in [-0.15, -0.1) is 0 Å². The van der Waals surface area contributed by atoms with Crippen molar-refractivity contribution in [1.29, 1.82) is 0 Å². The molecule has 0 radical (unpaired) electrons. The summed E-state index contributed by atoms with van der Waals surface area (Å²) in [4.78, 5) is 24.5. The fourth-order valence-corrected chi connectivity index (χ4v) is 2.67. The molecule has 0 aromatic carbocycles. The zero-order valence-corrected chi connectivity index (χ0v) is 10.9. The van der Waals surface area contributed by atoms with Gasteiger partial charge in [0, 0.05) is 6.20 Å². The first-order valence-corrected chi connectivity index (χ1v) is 6.28. The van der Waals surface area contributed by atoms with E-state index in [-0.39, 0.29) is 18.9 Å². The number of allylic oxidation sites excluding steroid dienone is 1. The lowest BCUT2D eigenvalue weighted by molar-refractivity contribution is -0.154. The molecule has 0 aromatic heterocycles. The number of hydrogen-bond donors (Lipinski definition) is 1. The van der Waals surface area contributed by atoms with Gasteiger partial charge in [-0.25, -0.2) is 4.79 Å². The maximum atomic E-state index is 12.0. The van der Waals surface area contributed by atoms with Gasteiger partial charge in [0.2, 0.25) is 5.91 Å². The molecule has 1 unspecified atom stereocenters. The van der Waals surface area contributed by atoms with E-state index in [1.165, 1.54) is 18.0 Å². The smallest absolute Gasteiger partial charge is 0.431 e. The second kappa shape index (κ2) is 4.32. The van der Waals surface area contributed by atoms with Crippen molar-refractivity contribution < 1.29 is 28.9 Å². The lowest BCUT2D eigenvalue weighted by Gasteiger charge is -2.36. The van der Waals surface area contributed by atoms with E-state index >= 15 is 0 Å². The van der Waals surface area contributed by atoms with Gasteiger partial charge in [0.15, 0.2) is 12.3 Å². The number of rotatable bonds is 1. The van der Waals surface area contributed by atoms with Crippen LogP contribution in [-0.4, -0.2) is 52.7 Å². The van der Waals surface area contributed by atoms with Crippen LogP contribution >= 0.6 is 0 Å². The normalized spacial score (nSPS) is 40.4. The van der Waals surface area contributed by atoms with Crippen LogP contribution in [0.25, 0.3) is 0 Å². The topological polar surface area (TPSA) is 85.3 Å². The number of fused-ring (bicyclic) bond motifs is 1. The summed E-state index contributed by atoms with van der Waals surface area (Å²) in [7, 11) is 0. The molecule has 0 spiro atoms. The van der Waals surface area contributed by atoms with Crippen LogP contribution in [0.3, 0.4) is 0 Å². The number of ether oxygens (including phenoxy) is 3. The quantitative estimate of drug-likeness (QED) is 0.696. The molecule has 0 aromatic rings. The number of nitrogens with zero attached hydrogens (tertiary/aromatic N) is 1. The fraction of sp³-hybridized carbons (Fsp3) is 0.538. The first-order valence-electron chi connectivity index (χ1n) is 6.28. The van der Waals surface area contributed by atoms with Crippen molar-refractivity contribution in [2.24, 2.45) is 0 Å². The summed E-state index contributed by atoms with van der Waals surface area (Å²) in [5.41, 5.74) is -0.820. The number of cyclic esters (lactones) is 1. The summed E-state index contributed by atoms with van der Waals surface area (Å²) in [6, 6.07) is 0. The molecule has 7 heteroatoms. The Bertz CT molecular complexity index is 511. The standard InChI is InChI=1S/C13H15NO6/c1-7-3-4-14(9(15)5-7)11-13(2,17)10-8(19-11)6-18-12(16)20-10/h3-4,8,10-11,17H,1,5-6H2,2H3/t8-,10?,11-,13+/m1/s1. The van der Waals surface area contributed by atoms with Crippen molar-refractivity contribution in [2.45, 2.75) is 37.4 Å². The van der Waals surface area contributed by atoms with Gasteiger partial charge in [0.25, 0.3) is 0 Å². The van der Waals surface area contributed by atoms with Gasteiger partial charge in [-0.1, -0.05) is 6.58 Å². The zero-order valence-electron chi connectivity index (χ0n) is 10.9. The molecule has 3 heterocycles. The molecule has 3 aliphatic heterocycles. The maximum absolute atomic E-state index is 12.0. The molecule has 3 aliphatic rings. The number of amides is 1. The minimum absolute atomic E-state index is 0.00535. The zero-order chi connectivity index (χ0) is 14.5. The summed E-state index contributed by atoms with van der Waals surface area (Å²) in [6.45, 7) is 5.19. The van der Waals surface area contributed by atoms with Crippen molar-refractivity contribution in [3.05, 3.63) is 24.4 Å². The highest BCUT2D eigenvalue weighted by molar-refractivity contribution is 5.82. The molecule has 3 rings (SSSR count). The minimum Gasteiger partial charge on any atom is -0.431 e. The van der Waals surface area contributed by atoms with E-state index in [2.05, 4.69) is 6.58 Å². The van der Waals surface area contributed by atoms with Crippen LogP contribution in [0, 0.1) is 0 Å². The molecule has 1 N–H and O–H groups in total. The van der Waals surface area contributed by atoms with Crippen LogP contribution in [0.1, 0.15) is 13.3 Å². The molecule has 0 saturated carbocycles. The highest BCUT2D eigenvalue weighted by Crippen LogP contribution is 2.38. The van der Waals surface area contributed by atoms with E-state index in [9.17, 15) is 14.7 Å². The lowest BCUT2D eigenvalue weighted by Crippen LogP contribution is -2.55. The number of carbonyl (C=O) groups excluding carboxylic acids is 2. The fourth-order valence-electron chi connectivity index (χ4n) is 2.67. The van der Waals surface area contributed by atoms with E-state index in [1.54, 1.807) is 6.08 Å². The van der Waals surface area contributed by atoms with Crippen molar-refractivity contribution in [3.63, 3.8) is 0 Å². The summed E-state index contributed by atoms with van der Waals surface area (Å²) < 4.78 is 15.4. The van der Waals surface area contributed by atoms with Crippen LogP contribution in [0.15, 0.2) is 24.4 Å². The second-order valence-electron chi connectivity index (χ2n) is 5.30. The maximum Gasteiger partial charge on any atom is 0.508 e. The van der Waals surface area contributed by atoms with E-state index in [1.807, 2.05) is 0 Å². The molecule has 2 saturated heterocycles. The molecule has 7 nitrogen and oxygen atoms in total. The van der Waals surface area contributed by atoms with Gasteiger partial charge < -0.3 is 19.3 Å². The van der Waals surface area contributed by atoms with E-state index in [4.69, 9.17) is 14.2 Å². The highest BCUT2D eigenvalue weighted by Gasteiger charge is 2.59. The molecule has 2 fully saturated rings. The molecular formula is C13H15NO6. The summed E-state index contributed by atoms with van der Waals surface area (Å²) in [5.74, 6) is -0.228. The van der Waals surface area contributed by atoms with E-state index in [0.717, 1.165) is 0 Å². The van der Waals surface area contributed by atoms with Gasteiger partial charge >= 0.3 is 6.16 Å². The molecule has 0 bridgehead atoms. The Kier molecular flexibility index (Phi) is 2.84. The first-order chi connectivity index (χ1) is 9.39. The first kappa shape index (κ1) is 13.1. The molecule has 1 amide bonds.